The molecule has 0 aromatic heterocycles. The van der Waals surface area contributed by atoms with Gasteiger partial charge in [0.2, 0.25) is 0 Å². The summed E-state index contributed by atoms with van der Waals surface area (Å²) in [5.41, 5.74) is 1.37. The van der Waals surface area contributed by atoms with Crippen molar-refractivity contribution in [2.45, 2.75) is 13.0 Å². The summed E-state index contributed by atoms with van der Waals surface area (Å²) in [4.78, 5) is 22.2. The van der Waals surface area contributed by atoms with Gasteiger partial charge in [-0.1, -0.05) is 12.1 Å². The van der Waals surface area contributed by atoms with Crippen LogP contribution in [0.4, 0.5) is 0 Å². The van der Waals surface area contributed by atoms with Crippen LogP contribution in [0.5, 0.6) is 11.5 Å². The molecule has 2 rings (SSSR count). The van der Waals surface area contributed by atoms with Gasteiger partial charge in [0, 0.05) is 5.56 Å². The number of carbonyl (C=O) groups excluding carboxylic acids is 1. The molecule has 1 atom stereocenters. The monoisotopic (exact) mass is 329 g/mol. The number of ether oxygens (including phenoxy) is 2. The van der Waals surface area contributed by atoms with Crippen LogP contribution in [0.1, 0.15) is 28.9 Å². The highest BCUT2D eigenvalue weighted by Crippen LogP contribution is 2.23. The number of methoxy groups -OCH3 is 1. The van der Waals surface area contributed by atoms with Crippen molar-refractivity contribution in [3.8, 4) is 11.5 Å². The van der Waals surface area contributed by atoms with Gasteiger partial charge < -0.3 is 19.9 Å². The lowest BCUT2D eigenvalue weighted by Gasteiger charge is -2.15. The topological polar surface area (TPSA) is 84.9 Å². The van der Waals surface area contributed by atoms with E-state index in [1.165, 1.54) is 0 Å². The minimum absolute atomic E-state index is 0.164. The number of carboxylic acid groups (broad SMARTS) is 1. The lowest BCUT2D eigenvalue weighted by molar-refractivity contribution is -0.135. The van der Waals surface area contributed by atoms with Crippen molar-refractivity contribution in [2.75, 3.05) is 13.7 Å². The Morgan fingerprint density at radius 1 is 1.04 bits per heavy atom. The largest absolute Gasteiger partial charge is 0.497 e. The average Bonchev–Trinajstić information content (AvgIpc) is 2.60. The summed E-state index contributed by atoms with van der Waals surface area (Å²) < 4.78 is 11.0. The Morgan fingerprint density at radius 2 is 1.62 bits per heavy atom. The number of amides is 1. The van der Waals surface area contributed by atoms with Crippen molar-refractivity contribution in [1.82, 2.24) is 5.32 Å². The minimum atomic E-state index is -1.09. The smallest absolute Gasteiger partial charge is 0.322 e. The Labute approximate surface area is 140 Å². The second-order valence-corrected chi connectivity index (χ2v) is 5.13. The van der Waals surface area contributed by atoms with Gasteiger partial charge in [-0.05, 0) is 48.9 Å². The summed E-state index contributed by atoms with van der Waals surface area (Å²) in [7, 11) is 1.61. The molecule has 0 saturated carbocycles. The zero-order valence-corrected chi connectivity index (χ0v) is 13.5. The van der Waals surface area contributed by atoms with E-state index in [0.717, 1.165) is 11.3 Å². The lowest BCUT2D eigenvalue weighted by atomic mass is 10.1. The maximum atomic E-state index is 11.7. The normalized spacial score (nSPS) is 11.4. The van der Waals surface area contributed by atoms with Crippen LogP contribution in [0.15, 0.2) is 48.5 Å². The summed E-state index contributed by atoms with van der Waals surface area (Å²) in [5, 5.41) is 10.9. The fourth-order valence-electron chi connectivity index (χ4n) is 2.09. The molecular formula is C18H19NO5. The summed E-state index contributed by atoms with van der Waals surface area (Å²) in [5.74, 6) is -0.125. The number of carbonyl (C=O) groups is 2. The Kier molecular flexibility index (Phi) is 5.78. The molecule has 0 heterocycles. The summed E-state index contributed by atoms with van der Waals surface area (Å²) >= 11 is 0. The Hall–Kier alpha value is -3.02. The predicted octanol–water partition coefficient (Wildman–Crippen LogP) is 2.65. The lowest BCUT2D eigenvalue weighted by Crippen LogP contribution is -2.29. The molecule has 2 N–H and O–H groups in total. The van der Waals surface area contributed by atoms with Gasteiger partial charge in [-0.2, -0.15) is 0 Å². The van der Waals surface area contributed by atoms with Crippen LogP contribution in [0.2, 0.25) is 0 Å². The third kappa shape index (κ3) is 4.74. The fraction of sp³-hybridized carbons (Fsp3) is 0.222. The molecular weight excluding hydrogens is 310 g/mol. The molecule has 0 aliphatic heterocycles. The molecule has 0 radical (unpaired) electrons. The number of rotatable bonds is 7. The number of hydrogen-bond acceptors (Lipinski definition) is 4. The van der Waals surface area contributed by atoms with Gasteiger partial charge in [0.15, 0.2) is 0 Å². The Balaban J connectivity index is 1.97. The van der Waals surface area contributed by atoms with E-state index in [4.69, 9.17) is 14.6 Å². The molecule has 0 aliphatic rings. The first-order valence-corrected chi connectivity index (χ1v) is 7.40. The van der Waals surface area contributed by atoms with Crippen molar-refractivity contribution in [2.24, 2.45) is 0 Å². The molecule has 6 nitrogen and oxygen atoms in total. The SMILES string of the molecule is COc1ccc(C(C)Oc2ccc(C(=O)NCC(=O)O)cc2)cc1. The zero-order chi connectivity index (χ0) is 17.5. The number of nitrogens with one attached hydrogen (secondary N) is 1. The van der Waals surface area contributed by atoms with E-state index in [9.17, 15) is 9.59 Å². The van der Waals surface area contributed by atoms with E-state index in [1.807, 2.05) is 31.2 Å². The highest BCUT2D eigenvalue weighted by atomic mass is 16.5. The van der Waals surface area contributed by atoms with Gasteiger partial charge >= 0.3 is 5.97 Å². The van der Waals surface area contributed by atoms with E-state index in [-0.39, 0.29) is 6.10 Å². The molecule has 2 aromatic rings. The van der Waals surface area contributed by atoms with Crippen LogP contribution < -0.4 is 14.8 Å². The van der Waals surface area contributed by atoms with Crippen LogP contribution in [0, 0.1) is 0 Å². The van der Waals surface area contributed by atoms with Crippen LogP contribution >= 0.6 is 0 Å². The number of carboxylic acids is 1. The first-order valence-electron chi connectivity index (χ1n) is 7.40. The quantitative estimate of drug-likeness (QED) is 0.816. The van der Waals surface area contributed by atoms with Gasteiger partial charge in [0.05, 0.1) is 7.11 Å². The van der Waals surface area contributed by atoms with Crippen LogP contribution in [-0.4, -0.2) is 30.6 Å². The molecule has 1 amide bonds. The first-order chi connectivity index (χ1) is 11.5. The fourth-order valence-corrected chi connectivity index (χ4v) is 2.09. The number of hydrogen-bond donors (Lipinski definition) is 2. The minimum Gasteiger partial charge on any atom is -0.497 e. The van der Waals surface area contributed by atoms with Crippen molar-refractivity contribution in [1.29, 1.82) is 0 Å². The van der Waals surface area contributed by atoms with Crippen LogP contribution in [0.3, 0.4) is 0 Å². The first kappa shape index (κ1) is 17.3. The van der Waals surface area contributed by atoms with Crippen LogP contribution in [-0.2, 0) is 4.79 Å². The molecule has 1 unspecified atom stereocenters. The molecule has 24 heavy (non-hydrogen) atoms. The Morgan fingerprint density at radius 3 is 2.17 bits per heavy atom. The molecule has 0 saturated heterocycles. The van der Waals surface area contributed by atoms with Crippen molar-refractivity contribution >= 4 is 11.9 Å². The van der Waals surface area contributed by atoms with E-state index in [0.29, 0.717) is 11.3 Å². The summed E-state index contributed by atoms with van der Waals surface area (Å²) in [6, 6.07) is 14.1. The third-order valence-corrected chi connectivity index (χ3v) is 3.41. The summed E-state index contributed by atoms with van der Waals surface area (Å²) in [6.07, 6.45) is -0.164. The number of aliphatic carboxylic acids is 1. The average molecular weight is 329 g/mol. The molecule has 0 fully saturated rings. The van der Waals surface area contributed by atoms with Gasteiger partial charge in [0.25, 0.3) is 5.91 Å². The zero-order valence-electron chi connectivity index (χ0n) is 13.5. The van der Waals surface area contributed by atoms with Gasteiger partial charge in [-0.25, -0.2) is 0 Å². The van der Waals surface area contributed by atoms with Gasteiger partial charge in [-0.15, -0.1) is 0 Å². The third-order valence-electron chi connectivity index (χ3n) is 3.41. The molecule has 0 aliphatic carbocycles. The second-order valence-electron chi connectivity index (χ2n) is 5.13. The van der Waals surface area contributed by atoms with Crippen molar-refractivity contribution in [3.63, 3.8) is 0 Å². The standard InChI is InChI=1S/C18H19NO5/c1-12(13-3-7-15(23-2)8-4-13)24-16-9-5-14(6-10-16)18(22)19-11-17(20)21/h3-10,12H,11H2,1-2H3,(H,19,22)(H,20,21). The van der Waals surface area contributed by atoms with Gasteiger partial charge in [0.1, 0.15) is 24.1 Å². The highest BCUT2D eigenvalue weighted by Gasteiger charge is 2.10. The van der Waals surface area contributed by atoms with Crippen molar-refractivity contribution < 1.29 is 24.2 Å². The molecule has 6 heteroatoms. The Bertz CT molecular complexity index is 694. The maximum absolute atomic E-state index is 11.7. The van der Waals surface area contributed by atoms with E-state index in [1.54, 1.807) is 31.4 Å². The van der Waals surface area contributed by atoms with Crippen LogP contribution in [0.25, 0.3) is 0 Å². The second kappa shape index (κ2) is 8.01. The highest BCUT2D eigenvalue weighted by molar-refractivity contribution is 5.95. The van der Waals surface area contributed by atoms with E-state index < -0.39 is 18.4 Å². The maximum Gasteiger partial charge on any atom is 0.322 e. The number of benzene rings is 2. The van der Waals surface area contributed by atoms with E-state index >= 15 is 0 Å². The molecule has 0 bridgehead atoms. The molecule has 0 spiro atoms. The predicted molar refractivity (Wildman–Crippen MR) is 88.4 cm³/mol. The van der Waals surface area contributed by atoms with Gasteiger partial charge in [-0.3, -0.25) is 9.59 Å². The van der Waals surface area contributed by atoms with Crippen molar-refractivity contribution in [3.05, 3.63) is 59.7 Å². The molecule has 126 valence electrons. The summed E-state index contributed by atoms with van der Waals surface area (Å²) in [6.45, 7) is 1.51. The van der Waals surface area contributed by atoms with E-state index in [2.05, 4.69) is 5.32 Å². The molecule has 2 aromatic carbocycles.